The lowest BCUT2D eigenvalue weighted by molar-refractivity contribution is -0.117. The molecule has 0 radical (unpaired) electrons. The van der Waals surface area contributed by atoms with Crippen molar-refractivity contribution in [3.63, 3.8) is 0 Å². The number of carbonyl (C=O) groups is 1. The predicted molar refractivity (Wildman–Crippen MR) is 85.6 cm³/mol. The van der Waals surface area contributed by atoms with Gasteiger partial charge in [0.2, 0.25) is 5.91 Å². The largest absolute Gasteiger partial charge is 0.496 e. The molecule has 1 amide bonds. The van der Waals surface area contributed by atoms with Gasteiger partial charge in [-0.15, -0.1) is 0 Å². The highest BCUT2D eigenvalue weighted by atomic mass is 16.5. The van der Waals surface area contributed by atoms with E-state index in [4.69, 9.17) is 4.74 Å². The van der Waals surface area contributed by atoms with Crippen LogP contribution in [0.4, 0.5) is 0 Å². The smallest absolute Gasteiger partial charge is 0.244 e. The molecule has 0 saturated heterocycles. The van der Waals surface area contributed by atoms with Crippen LogP contribution in [0.1, 0.15) is 31.3 Å². The minimum absolute atomic E-state index is 0.154. The van der Waals surface area contributed by atoms with E-state index in [1.807, 2.05) is 55.9 Å². The molecule has 1 atom stereocenters. The third-order valence-electron chi connectivity index (χ3n) is 3.27. The van der Waals surface area contributed by atoms with Gasteiger partial charge in [-0.3, -0.25) is 4.79 Å². The highest BCUT2D eigenvalue weighted by Crippen LogP contribution is 2.28. The van der Waals surface area contributed by atoms with E-state index in [2.05, 4.69) is 10.3 Å². The number of benzene rings is 1. The van der Waals surface area contributed by atoms with Gasteiger partial charge in [-0.1, -0.05) is 23.8 Å². The number of rotatable bonds is 5. The first kappa shape index (κ1) is 15.8. The Hall–Kier alpha value is -2.56. The van der Waals surface area contributed by atoms with Gasteiger partial charge >= 0.3 is 0 Å². The summed E-state index contributed by atoms with van der Waals surface area (Å²) >= 11 is 0. The van der Waals surface area contributed by atoms with Gasteiger partial charge in [0, 0.05) is 31.1 Å². The number of aryl methyl sites for hydroxylation is 1. The Labute approximate surface area is 130 Å². The van der Waals surface area contributed by atoms with Gasteiger partial charge in [0.1, 0.15) is 17.6 Å². The van der Waals surface area contributed by atoms with Crippen molar-refractivity contribution in [2.75, 3.05) is 7.11 Å². The number of nitrogens with zero attached hydrogens (tertiary/aromatic N) is 2. The normalized spacial score (nSPS) is 11.6. The Morgan fingerprint density at radius 2 is 2.09 bits per heavy atom. The number of nitrogens with one attached hydrogen (secondary N) is 1. The zero-order valence-electron chi connectivity index (χ0n) is 13.3. The van der Waals surface area contributed by atoms with E-state index >= 15 is 0 Å². The van der Waals surface area contributed by atoms with Gasteiger partial charge in [0.05, 0.1) is 7.11 Å². The number of ether oxygens (including phenoxy) is 1. The lowest BCUT2D eigenvalue weighted by Gasteiger charge is -2.20. The second-order valence-corrected chi connectivity index (χ2v) is 5.30. The Morgan fingerprint density at radius 1 is 1.36 bits per heavy atom. The quantitative estimate of drug-likeness (QED) is 0.863. The van der Waals surface area contributed by atoms with Crippen LogP contribution in [-0.2, 0) is 11.8 Å². The van der Waals surface area contributed by atoms with Gasteiger partial charge < -0.3 is 14.6 Å². The molecule has 1 aromatic heterocycles. The van der Waals surface area contributed by atoms with E-state index in [0.29, 0.717) is 5.75 Å². The molecule has 1 aromatic carbocycles. The molecule has 0 aliphatic carbocycles. The predicted octanol–water partition coefficient (Wildman–Crippen LogP) is 2.60. The molecule has 0 saturated carbocycles. The van der Waals surface area contributed by atoms with Gasteiger partial charge in [0.25, 0.3) is 0 Å². The van der Waals surface area contributed by atoms with E-state index in [1.165, 1.54) is 0 Å². The molecular weight excluding hydrogens is 278 g/mol. The third-order valence-corrected chi connectivity index (χ3v) is 3.27. The van der Waals surface area contributed by atoms with Crippen LogP contribution in [0.3, 0.4) is 0 Å². The van der Waals surface area contributed by atoms with Crippen LogP contribution in [0.25, 0.3) is 0 Å². The molecule has 5 heteroatoms. The number of methoxy groups -OCH3 is 1. The summed E-state index contributed by atoms with van der Waals surface area (Å²) in [6, 6.07) is 7.25. The van der Waals surface area contributed by atoms with Crippen molar-refractivity contribution >= 4 is 5.91 Å². The third kappa shape index (κ3) is 3.55. The lowest BCUT2D eigenvalue weighted by Crippen LogP contribution is -2.30. The van der Waals surface area contributed by atoms with E-state index < -0.39 is 0 Å². The summed E-state index contributed by atoms with van der Waals surface area (Å²) in [4.78, 5) is 16.6. The molecule has 0 aliphatic heterocycles. The number of amides is 1. The molecule has 0 bridgehead atoms. The Bertz CT molecular complexity index is 685. The average Bonchev–Trinajstić information content (AvgIpc) is 2.90. The molecule has 0 aliphatic rings. The second kappa shape index (κ2) is 6.93. The maximum absolute atomic E-state index is 12.2. The Morgan fingerprint density at radius 3 is 2.68 bits per heavy atom. The lowest BCUT2D eigenvalue weighted by atomic mass is 10.0. The van der Waals surface area contributed by atoms with Crippen LogP contribution < -0.4 is 10.1 Å². The first-order chi connectivity index (χ1) is 10.5. The van der Waals surface area contributed by atoms with E-state index in [1.54, 1.807) is 19.4 Å². The number of hydrogen-bond acceptors (Lipinski definition) is 3. The molecular formula is C17H21N3O2. The topological polar surface area (TPSA) is 56.1 Å². The fraction of sp³-hybridized carbons (Fsp3) is 0.294. The first-order valence-corrected chi connectivity index (χ1v) is 7.08. The van der Waals surface area contributed by atoms with Gasteiger partial charge in [-0.25, -0.2) is 4.98 Å². The van der Waals surface area contributed by atoms with Crippen molar-refractivity contribution in [2.24, 2.45) is 7.05 Å². The molecule has 2 rings (SSSR count). The maximum Gasteiger partial charge on any atom is 0.244 e. The highest BCUT2D eigenvalue weighted by Gasteiger charge is 2.23. The number of para-hydroxylation sites is 1. The molecule has 1 N–H and O–H groups in total. The number of aromatic nitrogens is 2. The summed E-state index contributed by atoms with van der Waals surface area (Å²) in [6.07, 6.45) is 5.14. The van der Waals surface area contributed by atoms with E-state index in [0.717, 1.165) is 17.0 Å². The molecule has 22 heavy (non-hydrogen) atoms. The van der Waals surface area contributed by atoms with Crippen molar-refractivity contribution in [3.8, 4) is 5.75 Å². The summed E-state index contributed by atoms with van der Waals surface area (Å²) in [5.74, 6) is 1.31. The number of hydrogen-bond donors (Lipinski definition) is 1. The maximum atomic E-state index is 12.2. The van der Waals surface area contributed by atoms with Crippen LogP contribution in [0, 0.1) is 0 Å². The van der Waals surface area contributed by atoms with Crippen molar-refractivity contribution in [1.82, 2.24) is 14.9 Å². The Kier molecular flexibility index (Phi) is 4.99. The fourth-order valence-electron chi connectivity index (χ4n) is 2.29. The fourth-order valence-corrected chi connectivity index (χ4v) is 2.29. The molecule has 0 fully saturated rings. The van der Waals surface area contributed by atoms with Crippen LogP contribution in [-0.4, -0.2) is 22.6 Å². The number of allylic oxidation sites excluding steroid dienone is 1. The Balaban J connectivity index is 2.44. The molecule has 116 valence electrons. The van der Waals surface area contributed by atoms with Crippen LogP contribution in [0.15, 0.2) is 48.3 Å². The van der Waals surface area contributed by atoms with Gasteiger partial charge in [-0.05, 0) is 19.9 Å². The van der Waals surface area contributed by atoms with Crippen molar-refractivity contribution in [3.05, 3.63) is 59.7 Å². The molecule has 1 heterocycles. The zero-order valence-corrected chi connectivity index (χ0v) is 13.3. The van der Waals surface area contributed by atoms with Crippen molar-refractivity contribution < 1.29 is 9.53 Å². The summed E-state index contributed by atoms with van der Waals surface area (Å²) in [6.45, 7) is 3.77. The summed E-state index contributed by atoms with van der Waals surface area (Å²) < 4.78 is 7.31. The molecule has 0 spiro atoms. The number of imidazole rings is 1. The van der Waals surface area contributed by atoms with Gasteiger partial charge in [-0.2, -0.15) is 0 Å². The SMILES string of the molecule is COc1ccccc1C(NC(=O)C=C(C)C)c1nccn1C. The molecule has 2 aromatic rings. The molecule has 5 nitrogen and oxygen atoms in total. The highest BCUT2D eigenvalue weighted by molar-refractivity contribution is 5.88. The monoisotopic (exact) mass is 299 g/mol. The first-order valence-electron chi connectivity index (χ1n) is 7.08. The second-order valence-electron chi connectivity index (χ2n) is 5.30. The van der Waals surface area contributed by atoms with Crippen LogP contribution >= 0.6 is 0 Å². The minimum atomic E-state index is -0.376. The minimum Gasteiger partial charge on any atom is -0.496 e. The summed E-state index contributed by atoms with van der Waals surface area (Å²) in [5.41, 5.74) is 1.81. The average molecular weight is 299 g/mol. The van der Waals surface area contributed by atoms with Crippen molar-refractivity contribution in [2.45, 2.75) is 19.9 Å². The van der Waals surface area contributed by atoms with Crippen LogP contribution in [0.5, 0.6) is 5.75 Å². The van der Waals surface area contributed by atoms with Gasteiger partial charge in [0.15, 0.2) is 0 Å². The van der Waals surface area contributed by atoms with E-state index in [-0.39, 0.29) is 11.9 Å². The molecule has 1 unspecified atom stereocenters. The summed E-state index contributed by atoms with van der Waals surface area (Å²) in [5, 5.41) is 3.00. The number of carbonyl (C=O) groups excluding carboxylic acids is 1. The summed E-state index contributed by atoms with van der Waals surface area (Å²) in [7, 11) is 3.52. The van der Waals surface area contributed by atoms with E-state index in [9.17, 15) is 4.79 Å². The standard InChI is InChI=1S/C17H21N3O2/c1-12(2)11-15(21)19-16(17-18-9-10-20(17)3)13-7-5-6-8-14(13)22-4/h5-11,16H,1-4H3,(H,19,21). The van der Waals surface area contributed by atoms with Crippen molar-refractivity contribution in [1.29, 1.82) is 0 Å². The zero-order chi connectivity index (χ0) is 16.1. The van der Waals surface area contributed by atoms with Crippen LogP contribution in [0.2, 0.25) is 0 Å².